The van der Waals surface area contributed by atoms with Gasteiger partial charge in [-0.2, -0.15) is 0 Å². The van der Waals surface area contributed by atoms with Gasteiger partial charge in [0.05, 0.1) is 37.9 Å². The van der Waals surface area contributed by atoms with E-state index in [1.54, 1.807) is 7.11 Å². The maximum Gasteiger partial charge on any atom is 0.336 e. The van der Waals surface area contributed by atoms with Crippen molar-refractivity contribution in [1.29, 1.82) is 0 Å². The molecule has 1 aliphatic heterocycles. The van der Waals surface area contributed by atoms with Gasteiger partial charge in [0.25, 0.3) is 0 Å². The van der Waals surface area contributed by atoms with E-state index in [1.807, 2.05) is 32.0 Å². The van der Waals surface area contributed by atoms with Gasteiger partial charge in [0, 0.05) is 22.4 Å². The van der Waals surface area contributed by atoms with Gasteiger partial charge in [-0.3, -0.25) is 9.59 Å². The van der Waals surface area contributed by atoms with Gasteiger partial charge < -0.3 is 45.7 Å². The third-order valence-corrected chi connectivity index (χ3v) is 9.11. The van der Waals surface area contributed by atoms with Crippen LogP contribution in [0.25, 0.3) is 10.9 Å². The number of hydrogen-bond donors (Lipinski definition) is 7. The lowest BCUT2D eigenvalue weighted by molar-refractivity contribution is -0.175. The Morgan fingerprint density at radius 1 is 1.07 bits per heavy atom. The number of carboxylic acids is 3. The Balaban J connectivity index is 0.000000302. The molecule has 0 amide bonds. The van der Waals surface area contributed by atoms with Crippen LogP contribution in [0, 0.1) is 12.8 Å². The zero-order valence-corrected chi connectivity index (χ0v) is 25.9. The van der Waals surface area contributed by atoms with E-state index >= 15 is 0 Å². The number of H-pyrrole nitrogens is 1. The molecule has 5 rings (SSSR count). The molecule has 0 radical (unpaired) electrons. The average Bonchev–Trinajstić information content (AvgIpc) is 3.33. The SMILES string of the molecule is COc1ccc2[nH]c3c(c2c1)CCOC31CCC(O)(c2ccccc2C)C(C(C)(C)N)C1.O=C(O)CC(O)(CC(=O)O)C(=O)O. The van der Waals surface area contributed by atoms with Crippen molar-refractivity contribution in [3.05, 3.63) is 64.8 Å². The summed E-state index contributed by atoms with van der Waals surface area (Å²) in [6.07, 6.45) is 0.577. The first-order valence-electron chi connectivity index (χ1n) is 14.8. The molecule has 8 N–H and O–H groups in total. The molecule has 3 aromatic rings. The first-order valence-corrected chi connectivity index (χ1v) is 14.8. The third kappa shape index (κ3) is 6.69. The molecule has 2 aliphatic rings. The number of benzene rings is 2. The molecule has 1 aromatic heterocycles. The van der Waals surface area contributed by atoms with Crippen molar-refractivity contribution in [3.8, 4) is 5.75 Å². The van der Waals surface area contributed by atoms with E-state index in [0.717, 1.165) is 40.9 Å². The summed E-state index contributed by atoms with van der Waals surface area (Å²) in [6.45, 7) is 6.79. The molecule has 1 saturated carbocycles. The fourth-order valence-corrected chi connectivity index (χ4v) is 6.92. The second kappa shape index (κ2) is 12.4. The van der Waals surface area contributed by atoms with Crippen LogP contribution in [0.4, 0.5) is 0 Å². The highest BCUT2D eigenvalue weighted by molar-refractivity contribution is 5.88. The fraction of sp³-hybridized carbons (Fsp3) is 0.485. The van der Waals surface area contributed by atoms with Crippen molar-refractivity contribution >= 4 is 28.8 Å². The van der Waals surface area contributed by atoms with Crippen LogP contribution in [-0.2, 0) is 36.7 Å². The van der Waals surface area contributed by atoms with Crippen LogP contribution in [0.3, 0.4) is 0 Å². The molecule has 0 saturated heterocycles. The van der Waals surface area contributed by atoms with Gasteiger partial charge >= 0.3 is 17.9 Å². The minimum absolute atomic E-state index is 0.170. The predicted molar refractivity (Wildman–Crippen MR) is 164 cm³/mol. The Kier molecular flexibility index (Phi) is 9.37. The molecule has 12 heteroatoms. The number of ether oxygens (including phenoxy) is 2. The normalized spacial score (nSPS) is 23.1. The van der Waals surface area contributed by atoms with Crippen LogP contribution in [0.2, 0.25) is 0 Å². The molecule has 1 spiro atoms. The van der Waals surface area contributed by atoms with Gasteiger partial charge in [-0.05, 0) is 81.3 Å². The average molecular weight is 627 g/mol. The van der Waals surface area contributed by atoms with Crippen LogP contribution in [0.1, 0.15) is 68.3 Å². The van der Waals surface area contributed by atoms with Gasteiger partial charge in [-0.1, -0.05) is 24.3 Å². The number of rotatable bonds is 8. The lowest BCUT2D eigenvalue weighted by Gasteiger charge is -2.54. The first kappa shape index (κ1) is 33.9. The molecule has 3 atom stereocenters. The first-order chi connectivity index (χ1) is 21.0. The topological polar surface area (TPSA) is 213 Å². The van der Waals surface area contributed by atoms with Gasteiger partial charge in [0.2, 0.25) is 0 Å². The molecule has 244 valence electrons. The van der Waals surface area contributed by atoms with E-state index in [4.69, 9.17) is 35.6 Å². The maximum atomic E-state index is 12.1. The number of aliphatic hydroxyl groups is 2. The van der Waals surface area contributed by atoms with Crippen molar-refractivity contribution in [3.63, 3.8) is 0 Å². The molecule has 2 aromatic carbocycles. The Hall–Kier alpha value is -3.97. The molecule has 12 nitrogen and oxygen atoms in total. The van der Waals surface area contributed by atoms with Crippen molar-refractivity contribution < 1.29 is 49.4 Å². The minimum Gasteiger partial charge on any atom is -0.497 e. The number of aliphatic carboxylic acids is 3. The predicted octanol–water partition coefficient (Wildman–Crippen LogP) is 3.43. The Labute approximate surface area is 260 Å². The maximum absolute atomic E-state index is 12.1. The number of carbonyl (C=O) groups is 3. The van der Waals surface area contributed by atoms with Crippen molar-refractivity contribution in [1.82, 2.24) is 4.98 Å². The zero-order chi connectivity index (χ0) is 33.4. The van der Waals surface area contributed by atoms with Gasteiger partial charge in [-0.15, -0.1) is 0 Å². The second-order valence-corrected chi connectivity index (χ2v) is 12.8. The quantitative estimate of drug-likeness (QED) is 0.192. The number of nitrogens with two attached hydrogens (primary N) is 1. The standard InChI is InChI=1S/C27H34N2O3.C6H8O7/c1-17-7-5-6-8-21(17)27(30)13-12-26(16-23(27)25(2,3)28)24-19(11-14-32-26)20-15-18(31-4)9-10-22(20)29-24;7-3(8)1-6(13,5(11)12)2-4(9)10/h5-10,15,23,29-30H,11-14,16,28H2,1-4H3;13H,1-2H2,(H,7,8)(H,9,10)(H,11,12). The van der Waals surface area contributed by atoms with Crippen molar-refractivity contribution in [2.75, 3.05) is 13.7 Å². The number of methoxy groups -OCH3 is 1. The van der Waals surface area contributed by atoms with Crippen molar-refractivity contribution in [2.45, 2.75) is 81.6 Å². The van der Waals surface area contributed by atoms with E-state index < -0.39 is 53.1 Å². The lowest BCUT2D eigenvalue weighted by Crippen LogP contribution is -2.59. The second-order valence-electron chi connectivity index (χ2n) is 12.8. The molecule has 3 unspecified atom stereocenters. The molecular formula is C33H42N2O10. The summed E-state index contributed by atoms with van der Waals surface area (Å²) in [5.74, 6) is -4.33. The smallest absolute Gasteiger partial charge is 0.336 e. The Morgan fingerprint density at radius 2 is 1.71 bits per heavy atom. The number of carboxylic acid groups (broad SMARTS) is 3. The molecular weight excluding hydrogens is 584 g/mol. The highest BCUT2D eigenvalue weighted by Crippen LogP contribution is 2.56. The van der Waals surface area contributed by atoms with E-state index in [9.17, 15) is 19.5 Å². The number of nitrogens with one attached hydrogen (secondary N) is 1. The van der Waals surface area contributed by atoms with Crippen LogP contribution in [-0.4, -0.2) is 73.3 Å². The van der Waals surface area contributed by atoms with E-state index in [0.29, 0.717) is 19.4 Å². The fourth-order valence-electron chi connectivity index (χ4n) is 6.92. The van der Waals surface area contributed by atoms with E-state index in [1.165, 1.54) is 10.9 Å². The van der Waals surface area contributed by atoms with Crippen molar-refractivity contribution in [2.24, 2.45) is 11.7 Å². The monoisotopic (exact) mass is 626 g/mol. The molecule has 1 aliphatic carbocycles. The van der Waals surface area contributed by atoms with E-state index in [2.05, 4.69) is 36.2 Å². The molecule has 0 bridgehead atoms. The van der Waals surface area contributed by atoms with Gasteiger partial charge in [0.15, 0.2) is 5.60 Å². The third-order valence-electron chi connectivity index (χ3n) is 9.11. The lowest BCUT2D eigenvalue weighted by atomic mass is 9.58. The summed E-state index contributed by atoms with van der Waals surface area (Å²) in [5, 5.41) is 47.1. The molecule has 45 heavy (non-hydrogen) atoms. The van der Waals surface area contributed by atoms with Crippen LogP contribution >= 0.6 is 0 Å². The summed E-state index contributed by atoms with van der Waals surface area (Å²) in [6, 6.07) is 14.3. The Morgan fingerprint density at radius 3 is 2.27 bits per heavy atom. The number of aryl methyl sites for hydroxylation is 1. The van der Waals surface area contributed by atoms with E-state index in [-0.39, 0.29) is 5.92 Å². The van der Waals surface area contributed by atoms with Crippen LogP contribution in [0.15, 0.2) is 42.5 Å². The summed E-state index contributed by atoms with van der Waals surface area (Å²) >= 11 is 0. The Bertz CT molecular complexity index is 1580. The molecule has 2 heterocycles. The van der Waals surface area contributed by atoms with Crippen LogP contribution < -0.4 is 10.5 Å². The molecule has 1 fully saturated rings. The summed E-state index contributed by atoms with van der Waals surface area (Å²) in [4.78, 5) is 34.2. The highest BCUT2D eigenvalue weighted by atomic mass is 16.5. The van der Waals surface area contributed by atoms with Gasteiger partial charge in [-0.25, -0.2) is 4.79 Å². The van der Waals surface area contributed by atoms with Crippen LogP contribution in [0.5, 0.6) is 5.75 Å². The summed E-state index contributed by atoms with van der Waals surface area (Å²) in [7, 11) is 1.70. The highest BCUT2D eigenvalue weighted by Gasteiger charge is 2.56. The number of aromatic nitrogens is 1. The summed E-state index contributed by atoms with van der Waals surface area (Å²) < 4.78 is 12.0. The number of fused-ring (bicyclic) bond motifs is 4. The summed E-state index contributed by atoms with van der Waals surface area (Å²) in [5.41, 5.74) is 7.60. The zero-order valence-electron chi connectivity index (χ0n) is 25.9. The number of aromatic amines is 1. The van der Waals surface area contributed by atoms with Gasteiger partial charge in [0.1, 0.15) is 11.4 Å². The number of hydrogen-bond acceptors (Lipinski definition) is 8. The minimum atomic E-state index is -2.74. The largest absolute Gasteiger partial charge is 0.497 e.